The van der Waals surface area contributed by atoms with Gasteiger partial charge >= 0.3 is 12.0 Å². The minimum atomic E-state index is -4.55. The van der Waals surface area contributed by atoms with Crippen molar-refractivity contribution in [1.29, 1.82) is 0 Å². The maximum Gasteiger partial charge on any atom is 0.519 e. The molecule has 5 aromatic rings. The van der Waals surface area contributed by atoms with Gasteiger partial charge in [-0.15, -0.1) is 0 Å². The summed E-state index contributed by atoms with van der Waals surface area (Å²) >= 11 is 0. The molecule has 1 N–H and O–H groups in total. The minimum absolute atomic E-state index is 0.0241. The fourth-order valence-corrected chi connectivity index (χ4v) is 6.03. The van der Waals surface area contributed by atoms with Crippen molar-refractivity contribution in [2.75, 3.05) is 11.4 Å². The van der Waals surface area contributed by atoms with Crippen LogP contribution in [0.2, 0.25) is 0 Å². The number of halogens is 4. The summed E-state index contributed by atoms with van der Waals surface area (Å²) in [5, 5.41) is 5.57. The number of nitrogens with one attached hydrogen (secondary N) is 1. The van der Waals surface area contributed by atoms with E-state index in [2.05, 4.69) is 28.8 Å². The van der Waals surface area contributed by atoms with Crippen LogP contribution in [0, 0.1) is 18.2 Å². The largest absolute Gasteiger partial charge is 0.519 e. The SMILES string of the molecule is CC1=C(n2nc3c(c2-c2c(F)cc(COCc4oc(=O)oc4C)c4[nH]ccc24)CN(c2ncc(C(F)(F)F)cn2)CC3)C1(C)C. The minimum Gasteiger partial charge on any atom is -0.396 e. The Morgan fingerprint density at radius 3 is 2.51 bits per heavy atom. The zero-order valence-corrected chi connectivity index (χ0v) is 24.8. The number of hydrogen-bond acceptors (Lipinski definition) is 8. The first-order valence-electron chi connectivity index (χ1n) is 14.3. The number of anilines is 1. The number of rotatable bonds is 7. The predicted octanol–water partition coefficient (Wildman–Crippen LogP) is 6.38. The molecule has 7 rings (SSSR count). The zero-order chi connectivity index (χ0) is 31.8. The highest BCUT2D eigenvalue weighted by molar-refractivity contribution is 5.98. The van der Waals surface area contributed by atoms with Crippen molar-refractivity contribution in [2.24, 2.45) is 5.41 Å². The molecule has 4 aromatic heterocycles. The lowest BCUT2D eigenvalue weighted by molar-refractivity contribution is -0.138. The van der Waals surface area contributed by atoms with Gasteiger partial charge in [0, 0.05) is 65.6 Å². The van der Waals surface area contributed by atoms with E-state index in [1.54, 1.807) is 24.1 Å². The summed E-state index contributed by atoms with van der Waals surface area (Å²) in [5.41, 5.74) is 4.61. The Balaban J connectivity index is 1.29. The normalized spacial score (nSPS) is 16.1. The van der Waals surface area contributed by atoms with Crippen LogP contribution in [0.5, 0.6) is 0 Å². The predicted molar refractivity (Wildman–Crippen MR) is 154 cm³/mol. The van der Waals surface area contributed by atoms with Crippen molar-refractivity contribution >= 4 is 22.5 Å². The van der Waals surface area contributed by atoms with E-state index in [-0.39, 0.29) is 36.9 Å². The second kappa shape index (κ2) is 10.2. The molecule has 1 aliphatic carbocycles. The summed E-state index contributed by atoms with van der Waals surface area (Å²) in [6.45, 7) is 8.43. The number of alkyl halides is 3. The second-order valence-electron chi connectivity index (χ2n) is 11.8. The number of nitrogens with zero attached hydrogens (tertiary/aromatic N) is 5. The molecular formula is C31H28F4N6O4. The van der Waals surface area contributed by atoms with Crippen molar-refractivity contribution < 1.29 is 31.1 Å². The molecule has 0 amide bonds. The van der Waals surface area contributed by atoms with Crippen molar-refractivity contribution in [3.63, 3.8) is 0 Å². The first kappa shape index (κ1) is 29.0. The van der Waals surface area contributed by atoms with Gasteiger partial charge in [-0.1, -0.05) is 13.8 Å². The number of aromatic nitrogens is 5. The third-order valence-corrected chi connectivity index (χ3v) is 8.76. The highest BCUT2D eigenvalue weighted by atomic mass is 19.4. The molecule has 0 bridgehead atoms. The summed E-state index contributed by atoms with van der Waals surface area (Å²) in [5.74, 6) is -0.588. The molecule has 0 saturated heterocycles. The van der Waals surface area contributed by atoms with Crippen LogP contribution in [0.3, 0.4) is 0 Å². The van der Waals surface area contributed by atoms with E-state index in [0.29, 0.717) is 46.4 Å². The van der Waals surface area contributed by atoms with Crippen molar-refractivity contribution in [2.45, 2.75) is 60.1 Å². The molecule has 5 heterocycles. The van der Waals surface area contributed by atoms with E-state index < -0.39 is 23.4 Å². The summed E-state index contributed by atoms with van der Waals surface area (Å²) in [6.07, 6.45) is -0.810. The number of hydrogen-bond donors (Lipinski definition) is 1. The van der Waals surface area contributed by atoms with Crippen molar-refractivity contribution in [3.05, 3.63) is 86.6 Å². The monoisotopic (exact) mass is 624 g/mol. The van der Waals surface area contributed by atoms with Crippen LogP contribution < -0.4 is 10.7 Å². The standard InChI is InChI=1S/C31H28F4N6O4/c1-15-27(30(15,3)4)41-26(20-12-40(8-6-22(20)39-41)28-37-10-18(11-38-28)31(33,34)35)24-19-5-7-36-25(19)17(9-21(24)32)13-43-14-23-16(2)44-29(42)45-23/h5,7,9-11,36H,6,8,12-14H2,1-4H3. The average Bonchev–Trinajstić information content (AvgIpc) is 3.47. The molecule has 234 valence electrons. The van der Waals surface area contributed by atoms with Crippen molar-refractivity contribution in [3.8, 4) is 11.3 Å². The Kier molecular flexibility index (Phi) is 6.55. The molecule has 0 spiro atoms. The highest BCUT2D eigenvalue weighted by Crippen LogP contribution is 2.56. The third kappa shape index (κ3) is 4.83. The topological polar surface area (TPSA) is 115 Å². The molecule has 0 fully saturated rings. The second-order valence-corrected chi connectivity index (χ2v) is 11.8. The Morgan fingerprint density at radius 1 is 1.13 bits per heavy atom. The first-order valence-corrected chi connectivity index (χ1v) is 14.3. The molecule has 2 aliphatic rings. The lowest BCUT2D eigenvalue weighted by Gasteiger charge is -2.27. The molecule has 14 heteroatoms. The van der Waals surface area contributed by atoms with Crippen LogP contribution in [-0.2, 0) is 37.1 Å². The van der Waals surface area contributed by atoms with Gasteiger partial charge in [0.2, 0.25) is 5.95 Å². The zero-order valence-electron chi connectivity index (χ0n) is 24.8. The van der Waals surface area contributed by atoms with Gasteiger partial charge in [0.05, 0.1) is 34.8 Å². The van der Waals surface area contributed by atoms with E-state index in [4.69, 9.17) is 18.7 Å². The van der Waals surface area contributed by atoms with Gasteiger partial charge in [0.25, 0.3) is 0 Å². The quantitative estimate of drug-likeness (QED) is 0.207. The van der Waals surface area contributed by atoms with Gasteiger partial charge in [-0.05, 0) is 31.6 Å². The van der Waals surface area contributed by atoms with Crippen LogP contribution in [0.15, 0.2) is 49.9 Å². The number of allylic oxidation sites excluding steroid dienone is 2. The smallest absolute Gasteiger partial charge is 0.396 e. The van der Waals surface area contributed by atoms with Gasteiger partial charge < -0.3 is 23.5 Å². The van der Waals surface area contributed by atoms with E-state index in [1.807, 2.05) is 11.6 Å². The van der Waals surface area contributed by atoms with Crippen LogP contribution in [0.25, 0.3) is 27.9 Å². The van der Waals surface area contributed by atoms with E-state index in [9.17, 15) is 18.0 Å². The summed E-state index contributed by atoms with van der Waals surface area (Å²) in [7, 11) is 0. The molecule has 0 unspecified atom stereocenters. The molecule has 1 aromatic carbocycles. The molecular weight excluding hydrogens is 596 g/mol. The van der Waals surface area contributed by atoms with Crippen LogP contribution >= 0.6 is 0 Å². The van der Waals surface area contributed by atoms with Gasteiger partial charge in [-0.2, -0.15) is 18.3 Å². The van der Waals surface area contributed by atoms with Gasteiger partial charge in [0.15, 0.2) is 5.76 Å². The fraction of sp³-hybridized carbons (Fsp3) is 0.355. The third-order valence-electron chi connectivity index (χ3n) is 8.76. The summed E-state index contributed by atoms with van der Waals surface area (Å²) in [6, 6.07) is 3.20. The number of aryl methyl sites for hydroxylation is 1. The van der Waals surface area contributed by atoms with Gasteiger partial charge in [-0.25, -0.2) is 23.8 Å². The molecule has 0 atom stereocenters. The Labute approximate surface area is 253 Å². The molecule has 1 aliphatic heterocycles. The maximum atomic E-state index is 16.4. The van der Waals surface area contributed by atoms with Crippen LogP contribution in [-0.4, -0.2) is 31.3 Å². The number of ether oxygens (including phenoxy) is 1. The van der Waals surface area contributed by atoms with Gasteiger partial charge in [-0.3, -0.25) is 0 Å². The lowest BCUT2D eigenvalue weighted by Crippen LogP contribution is -2.31. The van der Waals surface area contributed by atoms with Gasteiger partial charge in [0.1, 0.15) is 18.2 Å². The number of fused-ring (bicyclic) bond motifs is 2. The molecule has 0 radical (unpaired) electrons. The fourth-order valence-electron chi connectivity index (χ4n) is 6.03. The highest BCUT2D eigenvalue weighted by Gasteiger charge is 2.46. The summed E-state index contributed by atoms with van der Waals surface area (Å²) < 4.78 is 73.2. The van der Waals surface area contributed by atoms with Crippen molar-refractivity contribution in [1.82, 2.24) is 24.7 Å². The van der Waals surface area contributed by atoms with E-state index in [0.717, 1.165) is 34.9 Å². The van der Waals surface area contributed by atoms with E-state index >= 15 is 4.39 Å². The Hall–Kier alpha value is -4.72. The number of H-pyrrole nitrogens is 1. The Bertz CT molecular complexity index is 2050. The molecule has 0 saturated carbocycles. The number of aromatic amines is 1. The van der Waals surface area contributed by atoms with Crippen LogP contribution in [0.4, 0.5) is 23.5 Å². The number of benzene rings is 1. The Morgan fingerprint density at radius 2 is 1.87 bits per heavy atom. The molecule has 45 heavy (non-hydrogen) atoms. The first-order chi connectivity index (χ1) is 21.3. The average molecular weight is 625 g/mol. The van der Waals surface area contributed by atoms with Crippen LogP contribution in [0.1, 0.15) is 54.7 Å². The summed E-state index contributed by atoms with van der Waals surface area (Å²) in [4.78, 5) is 24.3. The lowest BCUT2D eigenvalue weighted by atomic mass is 9.96. The molecule has 10 nitrogen and oxygen atoms in total. The maximum absolute atomic E-state index is 16.4. The van der Waals surface area contributed by atoms with E-state index in [1.165, 1.54) is 6.07 Å².